The SMILES string of the molecule is CCC(=Cc1oc2ccc(-c3ccccc3)cc2[n+]1CCCS(=O)(=O)O)C=C1Sc2ccccc2N1CC(=O)O. The Morgan fingerprint density at radius 3 is 2.52 bits per heavy atom. The molecule has 0 atom stereocenters. The van der Waals surface area contributed by atoms with Gasteiger partial charge in [-0.25, -0.2) is 0 Å². The van der Waals surface area contributed by atoms with Gasteiger partial charge in [0.15, 0.2) is 6.54 Å². The van der Waals surface area contributed by atoms with Gasteiger partial charge in [-0.05, 0) is 47.4 Å². The first-order chi connectivity index (χ1) is 19.2. The number of para-hydroxylation sites is 1. The highest BCUT2D eigenvalue weighted by atomic mass is 32.2. The summed E-state index contributed by atoms with van der Waals surface area (Å²) in [6.45, 7) is 2.17. The smallest absolute Gasteiger partial charge is 0.374 e. The number of hydrogen-bond acceptors (Lipinski definition) is 6. The molecule has 1 aromatic heterocycles. The van der Waals surface area contributed by atoms with Crippen LogP contribution in [0.5, 0.6) is 0 Å². The number of hydrogen-bond donors (Lipinski definition) is 2. The molecule has 3 aromatic carbocycles. The first-order valence-electron chi connectivity index (χ1n) is 12.9. The van der Waals surface area contributed by atoms with Crippen molar-refractivity contribution in [2.75, 3.05) is 17.2 Å². The zero-order valence-corrected chi connectivity index (χ0v) is 23.5. The topological polar surface area (TPSA) is 112 Å². The van der Waals surface area contributed by atoms with Crippen LogP contribution in [0.1, 0.15) is 25.7 Å². The van der Waals surface area contributed by atoms with Crippen LogP contribution < -0.4 is 9.47 Å². The standard InChI is InChI=1S/C30H28N2O6S2/c1-2-21(18-29-32(20-30(33)34)24-11-6-7-12-27(24)39-29)17-28-31(15-8-16-40(35,36)37)25-19-23(13-14-26(25)38-28)22-9-4-3-5-10-22/h3-7,9-14,17-19H,2,8,15-16,20H2,1H3,(H-,33,34,35,36,37)/p+1. The van der Waals surface area contributed by atoms with Gasteiger partial charge in [-0.3, -0.25) is 9.35 Å². The maximum absolute atomic E-state index is 11.6. The van der Waals surface area contributed by atoms with Gasteiger partial charge in [0, 0.05) is 17.4 Å². The molecule has 0 bridgehead atoms. The summed E-state index contributed by atoms with van der Waals surface area (Å²) in [7, 11) is -4.11. The van der Waals surface area contributed by atoms with E-state index in [9.17, 15) is 22.9 Å². The number of carboxylic acids is 1. The number of nitrogens with zero attached hydrogens (tertiary/aromatic N) is 2. The number of carbonyl (C=O) groups is 1. The minimum Gasteiger partial charge on any atom is -0.480 e. The number of benzene rings is 3. The lowest BCUT2D eigenvalue weighted by atomic mass is 10.1. The number of aryl methyl sites for hydroxylation is 1. The van der Waals surface area contributed by atoms with E-state index in [1.165, 1.54) is 11.8 Å². The minimum absolute atomic E-state index is 0.157. The fourth-order valence-electron chi connectivity index (χ4n) is 4.68. The van der Waals surface area contributed by atoms with E-state index in [1.54, 1.807) is 4.90 Å². The number of carboxylic acid groups (broad SMARTS) is 1. The number of thioether (sulfide) groups is 1. The van der Waals surface area contributed by atoms with Gasteiger partial charge >= 0.3 is 11.9 Å². The van der Waals surface area contributed by atoms with E-state index in [0.717, 1.165) is 37.8 Å². The number of anilines is 1. The quantitative estimate of drug-likeness (QED) is 0.174. The Balaban J connectivity index is 1.56. The van der Waals surface area contributed by atoms with Crippen molar-refractivity contribution >= 4 is 50.7 Å². The Morgan fingerprint density at radius 1 is 1.05 bits per heavy atom. The third kappa shape index (κ3) is 6.30. The zero-order chi connectivity index (χ0) is 28.3. The number of oxazole rings is 1. The number of aromatic nitrogens is 1. The Kier molecular flexibility index (Phi) is 8.11. The summed E-state index contributed by atoms with van der Waals surface area (Å²) in [5.41, 5.74) is 5.26. The lowest BCUT2D eigenvalue weighted by Gasteiger charge is -2.18. The predicted octanol–water partition coefficient (Wildman–Crippen LogP) is 6.00. The number of allylic oxidation sites excluding steroid dienone is 2. The van der Waals surface area contributed by atoms with Gasteiger partial charge in [-0.2, -0.15) is 13.0 Å². The second-order valence-electron chi connectivity index (χ2n) is 9.39. The van der Waals surface area contributed by atoms with Gasteiger partial charge in [0.1, 0.15) is 6.54 Å². The Morgan fingerprint density at radius 2 is 1.80 bits per heavy atom. The van der Waals surface area contributed by atoms with Gasteiger partial charge in [-0.15, -0.1) is 0 Å². The minimum atomic E-state index is -4.11. The molecule has 2 heterocycles. The van der Waals surface area contributed by atoms with Crippen LogP contribution in [0.25, 0.3) is 28.3 Å². The molecule has 0 fully saturated rings. The highest BCUT2D eigenvalue weighted by molar-refractivity contribution is 8.03. The maximum atomic E-state index is 11.6. The third-order valence-electron chi connectivity index (χ3n) is 6.58. The molecule has 10 heteroatoms. The van der Waals surface area contributed by atoms with Crippen LogP contribution in [-0.4, -0.2) is 36.3 Å². The summed E-state index contributed by atoms with van der Waals surface area (Å²) in [4.78, 5) is 14.4. The summed E-state index contributed by atoms with van der Waals surface area (Å²) >= 11 is 1.52. The molecule has 0 spiro atoms. The van der Waals surface area contributed by atoms with Crippen LogP contribution in [-0.2, 0) is 21.5 Å². The highest BCUT2D eigenvalue weighted by Crippen LogP contribution is 2.46. The number of fused-ring (bicyclic) bond motifs is 2. The van der Waals surface area contributed by atoms with Crippen molar-refractivity contribution in [1.82, 2.24) is 0 Å². The molecule has 5 rings (SSSR count). The molecule has 0 saturated heterocycles. The molecule has 0 unspecified atom stereocenters. The molecule has 40 heavy (non-hydrogen) atoms. The molecule has 0 amide bonds. The first kappa shape index (κ1) is 27.7. The van der Waals surface area contributed by atoms with Gasteiger partial charge in [0.25, 0.3) is 15.6 Å². The largest absolute Gasteiger partial charge is 0.480 e. The predicted molar refractivity (Wildman–Crippen MR) is 157 cm³/mol. The summed E-state index contributed by atoms with van der Waals surface area (Å²) in [5, 5.41) is 10.3. The van der Waals surface area contributed by atoms with E-state index >= 15 is 0 Å². The first-order valence-corrected chi connectivity index (χ1v) is 15.3. The van der Waals surface area contributed by atoms with E-state index in [2.05, 4.69) is 0 Å². The molecular formula is C30H29N2O6S2+. The van der Waals surface area contributed by atoms with Crippen molar-refractivity contribution in [1.29, 1.82) is 0 Å². The molecule has 1 aliphatic heterocycles. The zero-order valence-electron chi connectivity index (χ0n) is 21.9. The lowest BCUT2D eigenvalue weighted by Crippen LogP contribution is -2.36. The van der Waals surface area contributed by atoms with Crippen molar-refractivity contribution in [3.05, 3.63) is 95.4 Å². The maximum Gasteiger partial charge on any atom is 0.374 e. The molecule has 2 N–H and O–H groups in total. The van der Waals surface area contributed by atoms with Crippen molar-refractivity contribution in [2.45, 2.75) is 31.2 Å². The fraction of sp³-hybridized carbons (Fsp3) is 0.200. The van der Waals surface area contributed by atoms with E-state index in [0.29, 0.717) is 24.4 Å². The highest BCUT2D eigenvalue weighted by Gasteiger charge is 2.27. The number of rotatable bonds is 10. The van der Waals surface area contributed by atoms with Crippen LogP contribution in [0.3, 0.4) is 0 Å². The fourth-order valence-corrected chi connectivity index (χ4v) is 6.31. The van der Waals surface area contributed by atoms with Crippen molar-refractivity contribution < 1.29 is 31.9 Å². The van der Waals surface area contributed by atoms with E-state index in [-0.39, 0.29) is 18.7 Å². The molecule has 8 nitrogen and oxygen atoms in total. The van der Waals surface area contributed by atoms with Crippen LogP contribution in [0.15, 0.2) is 98.8 Å². The summed E-state index contributed by atoms with van der Waals surface area (Å²) in [5.74, 6) is -0.749. The number of aliphatic carboxylic acids is 1. The lowest BCUT2D eigenvalue weighted by molar-refractivity contribution is -0.677. The molecule has 0 saturated carbocycles. The molecule has 1 aliphatic rings. The van der Waals surface area contributed by atoms with E-state index < -0.39 is 16.1 Å². The average molecular weight is 578 g/mol. The van der Waals surface area contributed by atoms with Gasteiger partial charge in [-0.1, -0.05) is 67.2 Å². The normalized spacial score (nSPS) is 14.7. The monoisotopic (exact) mass is 577 g/mol. The van der Waals surface area contributed by atoms with Crippen LogP contribution in [0, 0.1) is 0 Å². The van der Waals surface area contributed by atoms with Crippen LogP contribution in [0.2, 0.25) is 0 Å². The van der Waals surface area contributed by atoms with Crippen LogP contribution in [0.4, 0.5) is 5.69 Å². The summed E-state index contributed by atoms with van der Waals surface area (Å²) < 4.78 is 40.3. The third-order valence-corrected chi connectivity index (χ3v) is 8.49. The molecule has 206 valence electrons. The average Bonchev–Trinajstić information content (AvgIpc) is 3.44. The van der Waals surface area contributed by atoms with Gasteiger partial charge < -0.3 is 14.4 Å². The van der Waals surface area contributed by atoms with E-state index in [1.807, 2.05) is 96.4 Å². The van der Waals surface area contributed by atoms with Crippen molar-refractivity contribution in [2.24, 2.45) is 0 Å². The Labute approximate surface area is 237 Å². The second-order valence-corrected chi connectivity index (χ2v) is 12.0. The molecule has 0 radical (unpaired) electrons. The van der Waals surface area contributed by atoms with Gasteiger partial charge in [0.2, 0.25) is 5.58 Å². The van der Waals surface area contributed by atoms with Crippen molar-refractivity contribution in [3.8, 4) is 11.1 Å². The molecule has 4 aromatic rings. The second kappa shape index (κ2) is 11.7. The Hall–Kier alpha value is -3.86. The van der Waals surface area contributed by atoms with Crippen molar-refractivity contribution in [3.63, 3.8) is 0 Å². The van der Waals surface area contributed by atoms with E-state index in [4.69, 9.17) is 4.42 Å². The Bertz CT molecular complexity index is 1730. The summed E-state index contributed by atoms with van der Waals surface area (Å²) in [6.07, 6.45) is 4.73. The summed E-state index contributed by atoms with van der Waals surface area (Å²) in [6, 6.07) is 23.5. The van der Waals surface area contributed by atoms with Gasteiger partial charge in [0.05, 0.1) is 22.5 Å². The molecule has 0 aliphatic carbocycles. The molecular weight excluding hydrogens is 548 g/mol. The van der Waals surface area contributed by atoms with Crippen LogP contribution >= 0.6 is 11.8 Å².